The van der Waals surface area contributed by atoms with Crippen molar-refractivity contribution in [2.45, 2.75) is 24.4 Å². The maximum Gasteiger partial charge on any atom is 0.416 e. The molecule has 0 unspecified atom stereocenters. The topological polar surface area (TPSA) is 0 Å². The summed E-state index contributed by atoms with van der Waals surface area (Å²) >= 11 is 3.30. The summed E-state index contributed by atoms with van der Waals surface area (Å²) in [5.41, 5.74) is -0.317. The molecule has 4 heteroatoms. The maximum absolute atomic E-state index is 12.7. The molecule has 0 aromatic heterocycles. The molecular weight excluding hydrogens is 269 g/mol. The van der Waals surface area contributed by atoms with Crippen LogP contribution in [0.25, 0.3) is 0 Å². The van der Waals surface area contributed by atoms with Gasteiger partial charge in [-0.05, 0) is 24.5 Å². The molecule has 1 aliphatic rings. The van der Waals surface area contributed by atoms with Gasteiger partial charge in [-0.15, -0.1) is 0 Å². The summed E-state index contributed by atoms with van der Waals surface area (Å²) < 4.78 is 38.2. The molecule has 1 saturated carbocycles. The lowest BCUT2D eigenvalue weighted by atomic mass is 9.93. The van der Waals surface area contributed by atoms with Gasteiger partial charge in [0.25, 0.3) is 0 Å². The molecule has 0 amide bonds. The van der Waals surface area contributed by atoms with Crippen molar-refractivity contribution in [2.75, 3.05) is 5.33 Å². The zero-order valence-electron chi connectivity index (χ0n) is 7.94. The molecular formula is C11H10BrF3. The van der Waals surface area contributed by atoms with Crippen molar-refractivity contribution in [1.29, 1.82) is 0 Å². The normalized spacial score (nSPS) is 18.9. The summed E-state index contributed by atoms with van der Waals surface area (Å²) in [6, 6.07) is 5.87. The van der Waals surface area contributed by atoms with Gasteiger partial charge in [-0.2, -0.15) is 13.2 Å². The van der Waals surface area contributed by atoms with Gasteiger partial charge in [-0.25, -0.2) is 0 Å². The van der Waals surface area contributed by atoms with Crippen molar-refractivity contribution in [2.24, 2.45) is 0 Å². The zero-order valence-corrected chi connectivity index (χ0v) is 9.53. The Labute approximate surface area is 94.6 Å². The molecule has 0 aliphatic heterocycles. The van der Waals surface area contributed by atoms with E-state index < -0.39 is 11.7 Å². The van der Waals surface area contributed by atoms with Crippen molar-refractivity contribution in [1.82, 2.24) is 0 Å². The fourth-order valence-corrected chi connectivity index (χ4v) is 2.68. The van der Waals surface area contributed by atoms with Crippen LogP contribution < -0.4 is 0 Å². The third-order valence-corrected chi connectivity index (χ3v) is 3.99. The standard InChI is InChI=1S/C11H10BrF3/c12-7-10(5-6-10)8-3-1-2-4-9(8)11(13,14)15/h1-4H,5-7H2. The van der Waals surface area contributed by atoms with Gasteiger partial charge in [0, 0.05) is 10.7 Å². The van der Waals surface area contributed by atoms with Crippen LogP contribution in [-0.2, 0) is 11.6 Å². The number of benzene rings is 1. The molecule has 1 aromatic rings. The van der Waals surface area contributed by atoms with Crippen LogP contribution in [0, 0.1) is 0 Å². The maximum atomic E-state index is 12.7. The van der Waals surface area contributed by atoms with Crippen molar-refractivity contribution < 1.29 is 13.2 Å². The lowest BCUT2D eigenvalue weighted by Crippen LogP contribution is -2.17. The molecule has 0 radical (unpaired) electrons. The Kier molecular flexibility index (Phi) is 2.57. The highest BCUT2D eigenvalue weighted by atomic mass is 79.9. The van der Waals surface area contributed by atoms with Crippen LogP contribution in [0.3, 0.4) is 0 Å². The molecule has 2 rings (SSSR count). The summed E-state index contributed by atoms with van der Waals surface area (Å²) in [4.78, 5) is 0. The molecule has 15 heavy (non-hydrogen) atoms. The predicted octanol–water partition coefficient (Wildman–Crippen LogP) is 4.13. The second kappa shape index (κ2) is 3.51. The van der Waals surface area contributed by atoms with Crippen LogP contribution in [0.4, 0.5) is 13.2 Å². The minimum Gasteiger partial charge on any atom is -0.166 e. The van der Waals surface area contributed by atoms with Gasteiger partial charge in [0.1, 0.15) is 0 Å². The molecule has 0 bridgehead atoms. The fourth-order valence-electron chi connectivity index (χ4n) is 1.82. The van der Waals surface area contributed by atoms with E-state index in [4.69, 9.17) is 0 Å². The van der Waals surface area contributed by atoms with Crippen LogP contribution in [-0.4, -0.2) is 5.33 Å². The van der Waals surface area contributed by atoms with Gasteiger partial charge in [0.2, 0.25) is 0 Å². The molecule has 0 nitrogen and oxygen atoms in total. The summed E-state index contributed by atoms with van der Waals surface area (Å²) in [6.45, 7) is 0. The Hall–Kier alpha value is -0.510. The van der Waals surface area contributed by atoms with Gasteiger partial charge in [0.15, 0.2) is 0 Å². The van der Waals surface area contributed by atoms with Gasteiger partial charge >= 0.3 is 6.18 Å². The first-order valence-corrected chi connectivity index (χ1v) is 5.84. The van der Waals surface area contributed by atoms with E-state index in [0.29, 0.717) is 10.9 Å². The van der Waals surface area contributed by atoms with E-state index >= 15 is 0 Å². The number of hydrogen-bond acceptors (Lipinski definition) is 0. The molecule has 0 spiro atoms. The lowest BCUT2D eigenvalue weighted by molar-refractivity contribution is -0.138. The SMILES string of the molecule is FC(F)(F)c1ccccc1C1(CBr)CC1. The van der Waals surface area contributed by atoms with Gasteiger partial charge in [-0.1, -0.05) is 34.1 Å². The first kappa shape index (κ1) is 11.0. The van der Waals surface area contributed by atoms with Crippen LogP contribution in [0.5, 0.6) is 0 Å². The van der Waals surface area contributed by atoms with Crippen LogP contribution in [0.2, 0.25) is 0 Å². The van der Waals surface area contributed by atoms with Crippen LogP contribution in [0.1, 0.15) is 24.0 Å². The molecule has 1 aromatic carbocycles. The average molecular weight is 279 g/mol. The van der Waals surface area contributed by atoms with E-state index in [2.05, 4.69) is 15.9 Å². The first-order valence-electron chi connectivity index (χ1n) is 4.72. The highest BCUT2D eigenvalue weighted by Gasteiger charge is 2.48. The van der Waals surface area contributed by atoms with Crippen LogP contribution >= 0.6 is 15.9 Å². The molecule has 0 N–H and O–H groups in total. The van der Waals surface area contributed by atoms with E-state index in [1.165, 1.54) is 6.07 Å². The zero-order chi connectivity index (χ0) is 11.1. The summed E-state index contributed by atoms with van der Waals surface area (Å²) in [5.74, 6) is 0. The second-order valence-corrected chi connectivity index (χ2v) is 4.52. The average Bonchev–Trinajstić information content (AvgIpc) is 2.97. The molecule has 0 heterocycles. The minimum atomic E-state index is -4.24. The van der Waals surface area contributed by atoms with E-state index in [1.54, 1.807) is 12.1 Å². The first-order chi connectivity index (χ1) is 6.99. The molecule has 82 valence electrons. The van der Waals surface area contributed by atoms with Crippen molar-refractivity contribution >= 4 is 15.9 Å². The van der Waals surface area contributed by atoms with E-state index in [0.717, 1.165) is 18.9 Å². The molecule has 1 aliphatic carbocycles. The second-order valence-electron chi connectivity index (χ2n) is 3.96. The smallest absolute Gasteiger partial charge is 0.166 e. The lowest BCUT2D eigenvalue weighted by Gasteiger charge is -2.18. The van der Waals surface area contributed by atoms with Gasteiger partial charge < -0.3 is 0 Å². The highest BCUT2D eigenvalue weighted by Crippen LogP contribution is 2.52. The third kappa shape index (κ3) is 1.92. The summed E-state index contributed by atoms with van der Waals surface area (Å²) in [7, 11) is 0. The number of hydrogen-bond donors (Lipinski definition) is 0. The largest absolute Gasteiger partial charge is 0.416 e. The fraction of sp³-hybridized carbons (Fsp3) is 0.455. The molecule has 0 saturated heterocycles. The molecule has 0 atom stereocenters. The monoisotopic (exact) mass is 278 g/mol. The predicted molar refractivity (Wildman–Crippen MR) is 56.2 cm³/mol. The van der Waals surface area contributed by atoms with Crippen molar-refractivity contribution in [3.8, 4) is 0 Å². The van der Waals surface area contributed by atoms with Crippen molar-refractivity contribution in [3.05, 3.63) is 35.4 Å². The molecule has 1 fully saturated rings. The Morgan fingerprint density at radius 2 is 1.80 bits per heavy atom. The summed E-state index contributed by atoms with van der Waals surface area (Å²) in [6.07, 6.45) is -2.56. The van der Waals surface area contributed by atoms with E-state index in [9.17, 15) is 13.2 Å². The quantitative estimate of drug-likeness (QED) is 0.714. The summed E-state index contributed by atoms with van der Waals surface area (Å²) in [5, 5.41) is 0.604. The van der Waals surface area contributed by atoms with Gasteiger partial charge in [0.05, 0.1) is 5.56 Å². The Morgan fingerprint density at radius 1 is 1.20 bits per heavy atom. The third-order valence-electron chi connectivity index (χ3n) is 2.91. The number of halogens is 4. The Bertz CT molecular complexity index is 366. The van der Waals surface area contributed by atoms with Gasteiger partial charge in [-0.3, -0.25) is 0 Å². The highest BCUT2D eigenvalue weighted by molar-refractivity contribution is 9.09. The van der Waals surface area contributed by atoms with Crippen molar-refractivity contribution in [3.63, 3.8) is 0 Å². The van der Waals surface area contributed by atoms with Crippen LogP contribution in [0.15, 0.2) is 24.3 Å². The minimum absolute atomic E-state index is 0.272. The Morgan fingerprint density at radius 3 is 2.27 bits per heavy atom. The van der Waals surface area contributed by atoms with E-state index in [1.807, 2.05) is 0 Å². The number of alkyl halides is 4. The number of rotatable bonds is 2. The Balaban J connectivity index is 2.48. The van der Waals surface area contributed by atoms with E-state index in [-0.39, 0.29) is 5.41 Å².